The van der Waals surface area contributed by atoms with E-state index < -0.39 is 0 Å². The van der Waals surface area contributed by atoms with E-state index in [0.29, 0.717) is 18.7 Å². The summed E-state index contributed by atoms with van der Waals surface area (Å²) in [7, 11) is 0. The predicted molar refractivity (Wildman–Crippen MR) is 92.8 cm³/mol. The molecule has 24 heavy (non-hydrogen) atoms. The second-order valence-electron chi connectivity index (χ2n) is 7.57. The fraction of sp³-hybridized carbons (Fsp3) is 0.632. The largest absolute Gasteiger partial charge is 0.375 e. The van der Waals surface area contributed by atoms with Gasteiger partial charge in [0.05, 0.1) is 12.7 Å². The van der Waals surface area contributed by atoms with Gasteiger partial charge in [0.25, 0.3) is 0 Å². The molecule has 2 saturated heterocycles. The zero-order valence-corrected chi connectivity index (χ0v) is 14.3. The number of carbonyl (C=O) groups excluding carboxylic acids is 1. The number of rotatable bonds is 4. The third-order valence-electron chi connectivity index (χ3n) is 5.46. The lowest BCUT2D eigenvalue weighted by Crippen LogP contribution is -2.47. The summed E-state index contributed by atoms with van der Waals surface area (Å²) in [5, 5.41) is 6.10. The molecule has 0 aromatic heterocycles. The maximum Gasteiger partial charge on any atom is 0.315 e. The highest BCUT2D eigenvalue weighted by atomic mass is 16.5. The number of carbonyl (C=O) groups is 1. The summed E-state index contributed by atoms with van der Waals surface area (Å²) in [4.78, 5) is 14.7. The van der Waals surface area contributed by atoms with Crippen LogP contribution in [0.4, 0.5) is 4.79 Å². The number of nitrogens with one attached hydrogen (secondary N) is 2. The quantitative estimate of drug-likeness (QED) is 0.889. The van der Waals surface area contributed by atoms with Gasteiger partial charge in [0.2, 0.25) is 0 Å². The molecule has 0 bridgehead atoms. The van der Waals surface area contributed by atoms with Crippen LogP contribution in [0.5, 0.6) is 0 Å². The fourth-order valence-corrected chi connectivity index (χ4v) is 4.00. The molecule has 1 aromatic rings. The number of nitrogens with zero attached hydrogens (tertiary/aromatic N) is 1. The Labute approximate surface area is 143 Å². The van der Waals surface area contributed by atoms with Crippen LogP contribution >= 0.6 is 0 Å². The van der Waals surface area contributed by atoms with E-state index in [9.17, 15) is 4.79 Å². The van der Waals surface area contributed by atoms with E-state index in [1.165, 1.54) is 18.4 Å². The van der Waals surface area contributed by atoms with E-state index in [-0.39, 0.29) is 12.1 Å². The van der Waals surface area contributed by atoms with Crippen LogP contribution in [0.3, 0.4) is 0 Å². The second kappa shape index (κ2) is 6.73. The molecule has 3 aliphatic rings. The molecule has 2 heterocycles. The normalized spacial score (nSPS) is 30.0. The molecule has 0 radical (unpaired) electrons. The Morgan fingerprint density at radius 1 is 1.33 bits per heavy atom. The number of benzene rings is 1. The lowest BCUT2D eigenvalue weighted by Gasteiger charge is -2.35. The molecule has 3 atom stereocenters. The minimum atomic E-state index is -0.0685. The van der Waals surface area contributed by atoms with Crippen molar-refractivity contribution in [2.75, 3.05) is 19.7 Å². The van der Waals surface area contributed by atoms with Crippen molar-refractivity contribution in [3.63, 3.8) is 0 Å². The Balaban J connectivity index is 1.23. The number of fused-ring (bicyclic) bond motifs is 1. The van der Waals surface area contributed by atoms with Crippen molar-refractivity contribution in [1.29, 1.82) is 0 Å². The molecular weight excluding hydrogens is 302 g/mol. The van der Waals surface area contributed by atoms with E-state index in [4.69, 9.17) is 4.74 Å². The van der Waals surface area contributed by atoms with Gasteiger partial charge in [-0.3, -0.25) is 4.90 Å². The van der Waals surface area contributed by atoms with Gasteiger partial charge in [-0.05, 0) is 37.7 Å². The second-order valence-corrected chi connectivity index (χ2v) is 7.57. The topological polar surface area (TPSA) is 53.6 Å². The van der Waals surface area contributed by atoms with E-state index in [2.05, 4.69) is 34.6 Å². The highest BCUT2D eigenvalue weighted by Crippen LogP contribution is 2.37. The maximum atomic E-state index is 12.2. The average Bonchev–Trinajstić information content (AvgIpc) is 3.33. The predicted octanol–water partition coefficient (Wildman–Crippen LogP) is 2.05. The molecule has 2 amide bonds. The maximum absolute atomic E-state index is 12.2. The zero-order chi connectivity index (χ0) is 16.5. The van der Waals surface area contributed by atoms with Crippen LogP contribution in [0.25, 0.3) is 0 Å². The highest BCUT2D eigenvalue weighted by Gasteiger charge is 2.42. The standard InChI is InChI=1S/C19H27N3O2/c1-13-3-2-4-14(7-13)9-20-19(23)21-16-8-17-12-24-18(15-5-6-15)11-22(17)10-16/h2-4,7,15-18H,5-6,8-12H2,1H3,(H2,20,21,23)/t16-,17-,18+/m0/s1. The summed E-state index contributed by atoms with van der Waals surface area (Å²) in [6.07, 6.45) is 4.07. The Bertz CT molecular complexity index is 602. The first-order valence-corrected chi connectivity index (χ1v) is 9.13. The van der Waals surface area contributed by atoms with Crippen LogP contribution in [0.2, 0.25) is 0 Å². The number of hydrogen-bond acceptors (Lipinski definition) is 3. The van der Waals surface area contributed by atoms with Gasteiger partial charge in [-0.15, -0.1) is 0 Å². The molecule has 3 fully saturated rings. The minimum Gasteiger partial charge on any atom is -0.375 e. The minimum absolute atomic E-state index is 0.0685. The third-order valence-corrected chi connectivity index (χ3v) is 5.46. The first kappa shape index (κ1) is 15.9. The highest BCUT2D eigenvalue weighted by molar-refractivity contribution is 5.74. The van der Waals surface area contributed by atoms with Gasteiger partial charge in [-0.1, -0.05) is 29.8 Å². The van der Waals surface area contributed by atoms with Crippen molar-refractivity contribution >= 4 is 6.03 Å². The van der Waals surface area contributed by atoms with Crippen LogP contribution in [0.15, 0.2) is 24.3 Å². The van der Waals surface area contributed by atoms with Crippen molar-refractivity contribution < 1.29 is 9.53 Å². The molecule has 0 spiro atoms. The lowest BCUT2D eigenvalue weighted by molar-refractivity contribution is -0.0581. The molecule has 5 heteroatoms. The van der Waals surface area contributed by atoms with Gasteiger partial charge in [0.1, 0.15) is 0 Å². The summed E-state index contributed by atoms with van der Waals surface area (Å²) < 4.78 is 6.02. The van der Waals surface area contributed by atoms with E-state index in [0.717, 1.165) is 37.6 Å². The summed E-state index contributed by atoms with van der Waals surface area (Å²) in [6, 6.07) is 8.87. The summed E-state index contributed by atoms with van der Waals surface area (Å²) >= 11 is 0. The van der Waals surface area contributed by atoms with Crippen LogP contribution in [0, 0.1) is 12.8 Å². The van der Waals surface area contributed by atoms with E-state index >= 15 is 0 Å². The van der Waals surface area contributed by atoms with Crippen molar-refractivity contribution in [2.24, 2.45) is 5.92 Å². The third kappa shape index (κ3) is 3.73. The van der Waals surface area contributed by atoms with Gasteiger partial charge in [-0.25, -0.2) is 4.79 Å². The molecule has 0 unspecified atom stereocenters. The van der Waals surface area contributed by atoms with Crippen molar-refractivity contribution in [3.05, 3.63) is 35.4 Å². The molecular formula is C19H27N3O2. The molecule has 2 aliphatic heterocycles. The number of ether oxygens (including phenoxy) is 1. The number of urea groups is 1. The Hall–Kier alpha value is -1.59. The molecule has 1 aromatic carbocycles. The first-order valence-electron chi connectivity index (χ1n) is 9.13. The fourth-order valence-electron chi connectivity index (χ4n) is 4.00. The van der Waals surface area contributed by atoms with Gasteiger partial charge in [0.15, 0.2) is 0 Å². The van der Waals surface area contributed by atoms with Crippen LogP contribution in [-0.2, 0) is 11.3 Å². The Morgan fingerprint density at radius 2 is 2.21 bits per heavy atom. The van der Waals surface area contributed by atoms with Crippen LogP contribution in [0.1, 0.15) is 30.4 Å². The van der Waals surface area contributed by atoms with Crippen LogP contribution < -0.4 is 10.6 Å². The Morgan fingerprint density at radius 3 is 3.00 bits per heavy atom. The number of amides is 2. The molecule has 1 saturated carbocycles. The zero-order valence-electron chi connectivity index (χ0n) is 14.3. The van der Waals surface area contributed by atoms with Crippen molar-refractivity contribution in [3.8, 4) is 0 Å². The molecule has 2 N–H and O–H groups in total. The number of hydrogen-bond donors (Lipinski definition) is 2. The number of morpholine rings is 1. The monoisotopic (exact) mass is 329 g/mol. The molecule has 1 aliphatic carbocycles. The molecule has 130 valence electrons. The van der Waals surface area contributed by atoms with Gasteiger partial charge < -0.3 is 15.4 Å². The smallest absolute Gasteiger partial charge is 0.315 e. The van der Waals surface area contributed by atoms with Gasteiger partial charge in [0, 0.05) is 31.7 Å². The van der Waals surface area contributed by atoms with Gasteiger partial charge in [-0.2, -0.15) is 0 Å². The van der Waals surface area contributed by atoms with Crippen molar-refractivity contribution in [1.82, 2.24) is 15.5 Å². The number of aryl methyl sites for hydroxylation is 1. The average molecular weight is 329 g/mol. The van der Waals surface area contributed by atoms with E-state index in [1.807, 2.05) is 12.1 Å². The Kier molecular flexibility index (Phi) is 4.46. The molecule has 5 nitrogen and oxygen atoms in total. The first-order chi connectivity index (χ1) is 11.7. The van der Waals surface area contributed by atoms with Crippen molar-refractivity contribution in [2.45, 2.75) is 50.9 Å². The van der Waals surface area contributed by atoms with Gasteiger partial charge >= 0.3 is 6.03 Å². The van der Waals surface area contributed by atoms with E-state index in [1.54, 1.807) is 0 Å². The SMILES string of the molecule is Cc1cccc(CNC(=O)N[C@H]2C[C@H]3CO[C@@H](C4CC4)CN3C2)c1. The molecule has 4 rings (SSSR count). The lowest BCUT2D eigenvalue weighted by atomic mass is 10.1. The van der Waals surface area contributed by atoms with Crippen LogP contribution in [-0.4, -0.2) is 48.8 Å². The summed E-state index contributed by atoms with van der Waals surface area (Å²) in [5.41, 5.74) is 2.35. The summed E-state index contributed by atoms with van der Waals surface area (Å²) in [6.45, 7) is 5.45. The summed E-state index contributed by atoms with van der Waals surface area (Å²) in [5.74, 6) is 0.788.